The molecule has 2 aromatic carbocycles. The third-order valence-corrected chi connectivity index (χ3v) is 4.27. The van der Waals surface area contributed by atoms with Crippen LogP contribution in [0.4, 0.5) is 5.69 Å². The van der Waals surface area contributed by atoms with Crippen molar-refractivity contribution in [2.75, 3.05) is 5.32 Å². The molecule has 1 aliphatic rings. The Morgan fingerprint density at radius 2 is 1.83 bits per heavy atom. The molecule has 0 aliphatic carbocycles. The molecule has 2 aromatic rings. The third kappa shape index (κ3) is 3.48. The lowest BCUT2D eigenvalue weighted by molar-refractivity contribution is 0.0734. The number of hydrogen-bond acceptors (Lipinski definition) is 3. The number of benzene rings is 2. The quantitative estimate of drug-likeness (QED) is 0.576. The minimum absolute atomic E-state index is 0.0767. The van der Waals surface area contributed by atoms with Crippen LogP contribution < -0.4 is 10.1 Å². The molecule has 0 saturated carbocycles. The van der Waals surface area contributed by atoms with Gasteiger partial charge >= 0.3 is 5.97 Å². The Hall–Kier alpha value is -2.07. The standard InChI is InChI=1S/C19H18BrNO2/c1-12-11-19(2,3)21-17-9-8-15(10-16(12)17)23-18(22)13-4-6-14(20)7-5-13/h4-11,21H,1-3H3. The maximum absolute atomic E-state index is 12.2. The average molecular weight is 372 g/mol. The van der Waals surface area contributed by atoms with Crippen molar-refractivity contribution in [3.63, 3.8) is 0 Å². The van der Waals surface area contributed by atoms with Crippen molar-refractivity contribution in [3.05, 3.63) is 64.1 Å². The maximum atomic E-state index is 12.2. The van der Waals surface area contributed by atoms with Crippen LogP contribution in [0.25, 0.3) is 5.57 Å². The van der Waals surface area contributed by atoms with Crippen LogP contribution in [0.3, 0.4) is 0 Å². The monoisotopic (exact) mass is 371 g/mol. The van der Waals surface area contributed by atoms with Gasteiger partial charge in [0.2, 0.25) is 0 Å². The van der Waals surface area contributed by atoms with E-state index in [9.17, 15) is 4.79 Å². The molecule has 0 fully saturated rings. The highest BCUT2D eigenvalue weighted by Gasteiger charge is 2.23. The van der Waals surface area contributed by atoms with E-state index in [0.717, 1.165) is 15.7 Å². The number of hydrogen-bond donors (Lipinski definition) is 1. The molecule has 0 bridgehead atoms. The van der Waals surface area contributed by atoms with Crippen molar-refractivity contribution < 1.29 is 9.53 Å². The van der Waals surface area contributed by atoms with Crippen molar-refractivity contribution in [2.45, 2.75) is 26.3 Å². The van der Waals surface area contributed by atoms with E-state index in [1.54, 1.807) is 12.1 Å². The maximum Gasteiger partial charge on any atom is 0.343 e. The van der Waals surface area contributed by atoms with Gasteiger partial charge in [0.1, 0.15) is 5.75 Å². The van der Waals surface area contributed by atoms with E-state index in [0.29, 0.717) is 11.3 Å². The van der Waals surface area contributed by atoms with Gasteiger partial charge < -0.3 is 10.1 Å². The van der Waals surface area contributed by atoms with Crippen LogP contribution in [0.15, 0.2) is 53.0 Å². The number of nitrogens with one attached hydrogen (secondary N) is 1. The van der Waals surface area contributed by atoms with Crippen LogP contribution in [-0.2, 0) is 0 Å². The lowest BCUT2D eigenvalue weighted by atomic mass is 9.91. The summed E-state index contributed by atoms with van der Waals surface area (Å²) < 4.78 is 6.43. The van der Waals surface area contributed by atoms with Gasteiger partial charge in [-0.1, -0.05) is 22.0 Å². The first-order chi connectivity index (χ1) is 10.8. The Kier molecular flexibility index (Phi) is 4.02. The normalized spacial score (nSPS) is 15.2. The summed E-state index contributed by atoms with van der Waals surface area (Å²) >= 11 is 3.35. The van der Waals surface area contributed by atoms with Crippen molar-refractivity contribution in [1.29, 1.82) is 0 Å². The Morgan fingerprint density at radius 1 is 1.13 bits per heavy atom. The van der Waals surface area contributed by atoms with Gasteiger partial charge in [-0.25, -0.2) is 4.79 Å². The van der Waals surface area contributed by atoms with Gasteiger partial charge in [0, 0.05) is 15.7 Å². The molecule has 0 radical (unpaired) electrons. The molecule has 3 rings (SSSR count). The molecule has 0 amide bonds. The molecule has 23 heavy (non-hydrogen) atoms. The molecule has 118 valence electrons. The molecule has 0 saturated heterocycles. The van der Waals surface area contributed by atoms with Crippen LogP contribution in [0.1, 0.15) is 36.7 Å². The molecule has 1 aliphatic heterocycles. The number of allylic oxidation sites excluding steroid dienone is 1. The van der Waals surface area contributed by atoms with Gasteiger partial charge in [-0.15, -0.1) is 0 Å². The highest BCUT2D eigenvalue weighted by molar-refractivity contribution is 9.10. The molecular formula is C19H18BrNO2. The lowest BCUT2D eigenvalue weighted by Gasteiger charge is -2.31. The Balaban J connectivity index is 1.84. The smallest absolute Gasteiger partial charge is 0.343 e. The van der Waals surface area contributed by atoms with E-state index in [1.165, 1.54) is 5.57 Å². The van der Waals surface area contributed by atoms with Gasteiger partial charge in [0.25, 0.3) is 0 Å². The van der Waals surface area contributed by atoms with Gasteiger partial charge in [-0.05, 0) is 68.8 Å². The van der Waals surface area contributed by atoms with Crippen molar-refractivity contribution >= 4 is 33.2 Å². The number of carbonyl (C=O) groups is 1. The summed E-state index contributed by atoms with van der Waals surface area (Å²) in [6, 6.07) is 12.8. The number of rotatable bonds is 2. The van der Waals surface area contributed by atoms with E-state index in [2.05, 4.69) is 48.1 Å². The summed E-state index contributed by atoms with van der Waals surface area (Å²) in [5, 5.41) is 3.46. The second-order valence-corrected chi connectivity index (χ2v) is 7.19. The number of ether oxygens (including phenoxy) is 1. The van der Waals surface area contributed by atoms with Gasteiger partial charge in [0.15, 0.2) is 0 Å². The molecule has 0 spiro atoms. The molecule has 0 atom stereocenters. The van der Waals surface area contributed by atoms with E-state index < -0.39 is 0 Å². The summed E-state index contributed by atoms with van der Waals surface area (Å²) in [6.45, 7) is 6.32. The molecule has 1 heterocycles. The van der Waals surface area contributed by atoms with Gasteiger partial charge in [0.05, 0.1) is 11.1 Å². The van der Waals surface area contributed by atoms with Crippen molar-refractivity contribution in [1.82, 2.24) is 0 Å². The topological polar surface area (TPSA) is 38.3 Å². The van der Waals surface area contributed by atoms with Crippen molar-refractivity contribution in [2.24, 2.45) is 0 Å². The fourth-order valence-corrected chi connectivity index (χ4v) is 3.04. The predicted molar refractivity (Wildman–Crippen MR) is 96.9 cm³/mol. The fraction of sp³-hybridized carbons (Fsp3) is 0.211. The first-order valence-corrected chi connectivity index (χ1v) is 8.23. The first kappa shape index (κ1) is 15.8. The SMILES string of the molecule is CC1=CC(C)(C)Nc2ccc(OC(=O)c3ccc(Br)cc3)cc21. The van der Waals surface area contributed by atoms with Crippen LogP contribution in [0, 0.1) is 0 Å². The lowest BCUT2D eigenvalue weighted by Crippen LogP contribution is -2.31. The summed E-state index contributed by atoms with van der Waals surface area (Å²) in [5.41, 5.74) is 3.73. The largest absolute Gasteiger partial charge is 0.423 e. The summed E-state index contributed by atoms with van der Waals surface area (Å²) in [4.78, 5) is 12.2. The molecule has 0 unspecified atom stereocenters. The van der Waals surface area contributed by atoms with E-state index >= 15 is 0 Å². The number of esters is 1. The first-order valence-electron chi connectivity index (χ1n) is 7.44. The Morgan fingerprint density at radius 3 is 2.52 bits per heavy atom. The minimum atomic E-state index is -0.358. The Labute approximate surface area is 144 Å². The highest BCUT2D eigenvalue weighted by Crippen LogP contribution is 2.35. The fourth-order valence-electron chi connectivity index (χ4n) is 2.78. The summed E-state index contributed by atoms with van der Waals surface area (Å²) in [5.74, 6) is 0.189. The zero-order valence-corrected chi connectivity index (χ0v) is 14.9. The van der Waals surface area contributed by atoms with E-state index in [4.69, 9.17) is 4.74 Å². The van der Waals surface area contributed by atoms with E-state index in [1.807, 2.05) is 30.3 Å². The summed E-state index contributed by atoms with van der Waals surface area (Å²) in [7, 11) is 0. The molecule has 4 heteroatoms. The molecule has 0 aromatic heterocycles. The predicted octanol–water partition coefficient (Wildman–Crippen LogP) is 5.28. The van der Waals surface area contributed by atoms with Gasteiger partial charge in [-0.2, -0.15) is 0 Å². The number of carbonyl (C=O) groups excluding carboxylic acids is 1. The second kappa shape index (κ2) is 5.85. The molecular weight excluding hydrogens is 354 g/mol. The molecule has 3 nitrogen and oxygen atoms in total. The number of fused-ring (bicyclic) bond motifs is 1. The number of halogens is 1. The third-order valence-electron chi connectivity index (χ3n) is 3.74. The van der Waals surface area contributed by atoms with E-state index in [-0.39, 0.29) is 11.5 Å². The second-order valence-electron chi connectivity index (χ2n) is 6.28. The number of anilines is 1. The van der Waals surface area contributed by atoms with Crippen molar-refractivity contribution in [3.8, 4) is 5.75 Å². The Bertz CT molecular complexity index is 792. The van der Waals surface area contributed by atoms with Crippen LogP contribution >= 0.6 is 15.9 Å². The van der Waals surface area contributed by atoms with Crippen LogP contribution in [0.5, 0.6) is 5.75 Å². The zero-order valence-electron chi connectivity index (χ0n) is 13.3. The van der Waals surface area contributed by atoms with Gasteiger partial charge in [-0.3, -0.25) is 0 Å². The average Bonchev–Trinajstić information content (AvgIpc) is 2.47. The minimum Gasteiger partial charge on any atom is -0.423 e. The summed E-state index contributed by atoms with van der Waals surface area (Å²) in [6.07, 6.45) is 2.18. The van der Waals surface area contributed by atoms with Crippen LogP contribution in [0.2, 0.25) is 0 Å². The molecule has 1 N–H and O–H groups in total. The van der Waals surface area contributed by atoms with Crippen LogP contribution in [-0.4, -0.2) is 11.5 Å². The highest BCUT2D eigenvalue weighted by atomic mass is 79.9. The zero-order chi connectivity index (χ0) is 16.6.